The van der Waals surface area contributed by atoms with Gasteiger partial charge in [0, 0.05) is 11.1 Å². The van der Waals surface area contributed by atoms with Crippen LogP contribution >= 0.6 is 0 Å². The third-order valence-corrected chi connectivity index (χ3v) is 5.68. The van der Waals surface area contributed by atoms with Crippen LogP contribution in [0.1, 0.15) is 5.69 Å². The maximum Gasteiger partial charge on any atom is 0.0711 e. The molecule has 6 rings (SSSR count). The first-order chi connectivity index (χ1) is 13.3. The molecule has 0 amide bonds. The molecule has 0 saturated heterocycles. The second-order valence-electron chi connectivity index (χ2n) is 7.30. The van der Waals surface area contributed by atoms with Gasteiger partial charge in [-0.15, -0.1) is 0 Å². The highest BCUT2D eigenvalue weighted by atomic mass is 14.7. The monoisotopic (exact) mass is 343 g/mol. The molecule has 0 unspecified atom stereocenters. The molecule has 6 aromatic rings. The lowest BCUT2D eigenvalue weighted by atomic mass is 9.91. The lowest BCUT2D eigenvalue weighted by molar-refractivity contribution is 1.26. The molecule has 0 radical (unpaired) electrons. The Morgan fingerprint density at radius 2 is 1.07 bits per heavy atom. The highest BCUT2D eigenvalue weighted by Crippen LogP contribution is 2.39. The second-order valence-corrected chi connectivity index (χ2v) is 7.30. The Labute approximate surface area is 156 Å². The van der Waals surface area contributed by atoms with Crippen LogP contribution in [0.4, 0.5) is 0 Å². The van der Waals surface area contributed by atoms with Crippen LogP contribution in [0.5, 0.6) is 0 Å². The van der Waals surface area contributed by atoms with Crippen molar-refractivity contribution in [2.24, 2.45) is 0 Å². The van der Waals surface area contributed by atoms with Crippen LogP contribution in [0.15, 0.2) is 84.9 Å². The van der Waals surface area contributed by atoms with Crippen molar-refractivity contribution in [1.29, 1.82) is 0 Å². The smallest absolute Gasteiger partial charge is 0.0711 e. The second kappa shape index (κ2) is 5.28. The number of benzene rings is 5. The summed E-state index contributed by atoms with van der Waals surface area (Å²) >= 11 is 0. The largest absolute Gasteiger partial charge is 0.253 e. The van der Waals surface area contributed by atoms with Crippen molar-refractivity contribution >= 4 is 54.0 Å². The van der Waals surface area contributed by atoms with E-state index >= 15 is 0 Å². The van der Waals surface area contributed by atoms with Gasteiger partial charge in [0.25, 0.3) is 0 Å². The number of hydrogen-bond acceptors (Lipinski definition) is 1. The Morgan fingerprint density at radius 3 is 1.85 bits per heavy atom. The minimum atomic E-state index is 1.05. The number of aryl methyl sites for hydroxylation is 1. The van der Waals surface area contributed by atoms with Gasteiger partial charge in [0.2, 0.25) is 0 Å². The number of nitrogens with zero attached hydrogens (tertiary/aromatic N) is 1. The molecule has 1 heteroatoms. The number of aromatic nitrogens is 1. The molecule has 5 aromatic carbocycles. The van der Waals surface area contributed by atoms with Gasteiger partial charge in [0.15, 0.2) is 0 Å². The van der Waals surface area contributed by atoms with Gasteiger partial charge in [-0.3, -0.25) is 4.98 Å². The first kappa shape index (κ1) is 14.7. The van der Waals surface area contributed by atoms with Gasteiger partial charge in [-0.05, 0) is 62.1 Å². The topological polar surface area (TPSA) is 12.9 Å². The highest BCUT2D eigenvalue weighted by molar-refractivity contribution is 6.31. The predicted molar refractivity (Wildman–Crippen MR) is 117 cm³/mol. The zero-order chi connectivity index (χ0) is 18.0. The molecule has 0 N–H and O–H groups in total. The fourth-order valence-corrected chi connectivity index (χ4v) is 4.44. The van der Waals surface area contributed by atoms with Crippen LogP contribution in [0.25, 0.3) is 54.0 Å². The van der Waals surface area contributed by atoms with Crippen molar-refractivity contribution in [3.63, 3.8) is 0 Å². The number of fused-ring (bicyclic) bond motifs is 9. The van der Waals surface area contributed by atoms with Gasteiger partial charge in [0.05, 0.1) is 5.52 Å². The Bertz CT molecular complexity index is 1520. The molecule has 1 nitrogen and oxygen atoms in total. The predicted octanol–water partition coefficient (Wildman–Crippen LogP) is 7.16. The molecule has 1 aromatic heterocycles. The van der Waals surface area contributed by atoms with E-state index < -0.39 is 0 Å². The summed E-state index contributed by atoms with van der Waals surface area (Å²) < 4.78 is 0. The SMILES string of the molecule is Cc1ccc2c(ccc3ccc4ccc5ccc6ccccc6c5c4c32)n1. The van der Waals surface area contributed by atoms with Gasteiger partial charge in [-0.2, -0.15) is 0 Å². The third kappa shape index (κ3) is 2.03. The summed E-state index contributed by atoms with van der Waals surface area (Å²) in [6.45, 7) is 2.05. The summed E-state index contributed by atoms with van der Waals surface area (Å²) in [7, 11) is 0. The van der Waals surface area contributed by atoms with E-state index in [1.54, 1.807) is 0 Å². The van der Waals surface area contributed by atoms with E-state index in [1.165, 1.54) is 48.5 Å². The zero-order valence-electron chi connectivity index (χ0n) is 15.0. The minimum absolute atomic E-state index is 1.05. The zero-order valence-corrected chi connectivity index (χ0v) is 15.0. The summed E-state index contributed by atoms with van der Waals surface area (Å²) in [5, 5.41) is 11.6. The van der Waals surface area contributed by atoms with Crippen LogP contribution < -0.4 is 0 Å². The lowest BCUT2D eigenvalue weighted by Gasteiger charge is -2.13. The number of rotatable bonds is 0. The summed E-state index contributed by atoms with van der Waals surface area (Å²) in [5.41, 5.74) is 2.12. The van der Waals surface area contributed by atoms with Crippen LogP contribution in [0, 0.1) is 6.92 Å². The van der Waals surface area contributed by atoms with E-state index in [0.717, 1.165) is 11.2 Å². The molecular weight excluding hydrogens is 326 g/mol. The lowest BCUT2D eigenvalue weighted by Crippen LogP contribution is -1.87. The van der Waals surface area contributed by atoms with Crippen molar-refractivity contribution in [2.75, 3.05) is 0 Å². The molecule has 0 saturated carbocycles. The van der Waals surface area contributed by atoms with Crippen LogP contribution in [0.3, 0.4) is 0 Å². The van der Waals surface area contributed by atoms with Gasteiger partial charge >= 0.3 is 0 Å². The molecule has 0 bridgehead atoms. The van der Waals surface area contributed by atoms with Crippen LogP contribution in [-0.4, -0.2) is 4.98 Å². The molecule has 0 atom stereocenters. The van der Waals surface area contributed by atoms with Crippen molar-refractivity contribution < 1.29 is 0 Å². The Balaban J connectivity index is 2.00. The van der Waals surface area contributed by atoms with Gasteiger partial charge in [-0.1, -0.05) is 72.8 Å². The Morgan fingerprint density at radius 1 is 0.481 bits per heavy atom. The third-order valence-electron chi connectivity index (χ3n) is 5.68. The highest BCUT2D eigenvalue weighted by Gasteiger charge is 2.11. The van der Waals surface area contributed by atoms with Crippen molar-refractivity contribution in [2.45, 2.75) is 6.92 Å². The molecule has 126 valence electrons. The molecular formula is C26H17N. The summed E-state index contributed by atoms with van der Waals surface area (Å²) in [4.78, 5) is 4.77. The summed E-state index contributed by atoms with van der Waals surface area (Å²) in [5.74, 6) is 0. The summed E-state index contributed by atoms with van der Waals surface area (Å²) in [6, 6.07) is 30.8. The van der Waals surface area contributed by atoms with Gasteiger partial charge in [0.1, 0.15) is 0 Å². The average Bonchev–Trinajstić information content (AvgIpc) is 2.72. The minimum Gasteiger partial charge on any atom is -0.253 e. The fraction of sp³-hybridized carbons (Fsp3) is 0.0385. The van der Waals surface area contributed by atoms with Crippen LogP contribution in [-0.2, 0) is 0 Å². The van der Waals surface area contributed by atoms with Crippen LogP contribution in [0.2, 0.25) is 0 Å². The van der Waals surface area contributed by atoms with Crippen molar-refractivity contribution in [3.8, 4) is 0 Å². The average molecular weight is 343 g/mol. The normalized spacial score (nSPS) is 11.9. The molecule has 0 fully saturated rings. The molecule has 0 aliphatic carbocycles. The first-order valence-electron chi connectivity index (χ1n) is 9.33. The Kier molecular flexibility index (Phi) is 2.87. The van der Waals surface area contributed by atoms with Gasteiger partial charge in [-0.25, -0.2) is 0 Å². The van der Waals surface area contributed by atoms with Crippen molar-refractivity contribution in [3.05, 3.63) is 90.6 Å². The molecule has 0 aliphatic rings. The molecule has 0 aliphatic heterocycles. The number of hydrogen-bond donors (Lipinski definition) is 0. The summed E-state index contributed by atoms with van der Waals surface area (Å²) in [6.07, 6.45) is 0. The fourth-order valence-electron chi connectivity index (χ4n) is 4.44. The van der Waals surface area contributed by atoms with Crippen molar-refractivity contribution in [1.82, 2.24) is 4.98 Å². The molecule has 1 heterocycles. The standard InChI is InChI=1S/C26H17N/c1-16-6-14-22-23(27-16)15-13-19-10-12-20-11-9-18-8-7-17-4-2-3-5-21(17)24(18)26(20)25(19)22/h2-15H,1H3. The van der Waals surface area contributed by atoms with E-state index in [1.807, 2.05) is 0 Å². The molecule has 0 spiro atoms. The van der Waals surface area contributed by atoms with E-state index in [-0.39, 0.29) is 0 Å². The quantitative estimate of drug-likeness (QED) is 0.267. The van der Waals surface area contributed by atoms with E-state index in [2.05, 4.69) is 91.9 Å². The maximum atomic E-state index is 4.77. The van der Waals surface area contributed by atoms with E-state index in [4.69, 9.17) is 4.98 Å². The van der Waals surface area contributed by atoms with E-state index in [0.29, 0.717) is 0 Å². The maximum absolute atomic E-state index is 4.77. The Hall–Kier alpha value is -3.45. The van der Waals surface area contributed by atoms with Gasteiger partial charge < -0.3 is 0 Å². The first-order valence-corrected chi connectivity index (χ1v) is 9.33. The van der Waals surface area contributed by atoms with E-state index in [9.17, 15) is 0 Å². The number of pyridine rings is 1. The molecule has 27 heavy (non-hydrogen) atoms.